The number of anilines is 1. The van der Waals surface area contributed by atoms with Crippen LogP contribution >= 0.6 is 11.6 Å². The van der Waals surface area contributed by atoms with Crippen LogP contribution in [0.5, 0.6) is 0 Å². The van der Waals surface area contributed by atoms with E-state index in [-0.39, 0.29) is 10.6 Å². The number of rotatable bonds is 4. The van der Waals surface area contributed by atoms with Crippen LogP contribution in [0.4, 0.5) is 14.5 Å². The standard InChI is InChI=1S/C14H11ClF2N2O/c15-11-5-8(1-3-13(11)17)7-19-9-2-4-12(16)10(6-9)14(18)20/h1-6,19H,7H2,(H2,18,20). The third-order valence-corrected chi connectivity index (χ3v) is 3.00. The highest BCUT2D eigenvalue weighted by Gasteiger charge is 2.09. The smallest absolute Gasteiger partial charge is 0.251 e. The number of primary amides is 1. The Labute approximate surface area is 119 Å². The van der Waals surface area contributed by atoms with Gasteiger partial charge in [-0.1, -0.05) is 17.7 Å². The molecular formula is C14H11ClF2N2O. The second-order valence-electron chi connectivity index (χ2n) is 4.16. The van der Waals surface area contributed by atoms with E-state index in [1.54, 1.807) is 6.07 Å². The Bertz CT molecular complexity index is 662. The van der Waals surface area contributed by atoms with Gasteiger partial charge in [-0.05, 0) is 35.9 Å². The molecule has 2 aromatic rings. The summed E-state index contributed by atoms with van der Waals surface area (Å²) in [6, 6.07) is 8.28. The molecule has 0 aliphatic rings. The molecule has 20 heavy (non-hydrogen) atoms. The fourth-order valence-corrected chi connectivity index (χ4v) is 1.88. The van der Waals surface area contributed by atoms with Gasteiger partial charge < -0.3 is 11.1 Å². The zero-order valence-electron chi connectivity index (χ0n) is 10.3. The van der Waals surface area contributed by atoms with Crippen molar-refractivity contribution in [3.63, 3.8) is 0 Å². The Balaban J connectivity index is 2.12. The summed E-state index contributed by atoms with van der Waals surface area (Å²) in [5.41, 5.74) is 6.15. The summed E-state index contributed by atoms with van der Waals surface area (Å²) in [6.45, 7) is 0.351. The zero-order chi connectivity index (χ0) is 14.7. The molecule has 3 N–H and O–H groups in total. The summed E-state index contributed by atoms with van der Waals surface area (Å²) in [7, 11) is 0. The molecule has 0 radical (unpaired) electrons. The number of amides is 1. The van der Waals surface area contributed by atoms with E-state index in [1.807, 2.05) is 0 Å². The summed E-state index contributed by atoms with van der Waals surface area (Å²) < 4.78 is 26.3. The van der Waals surface area contributed by atoms with Crippen LogP contribution in [0, 0.1) is 11.6 Å². The Morgan fingerprint density at radius 1 is 1.15 bits per heavy atom. The van der Waals surface area contributed by atoms with E-state index in [2.05, 4.69) is 5.32 Å². The van der Waals surface area contributed by atoms with Gasteiger partial charge in [0.1, 0.15) is 11.6 Å². The fourth-order valence-electron chi connectivity index (χ4n) is 1.68. The lowest BCUT2D eigenvalue weighted by atomic mass is 10.1. The van der Waals surface area contributed by atoms with Crippen molar-refractivity contribution < 1.29 is 13.6 Å². The molecule has 0 unspecified atom stereocenters. The van der Waals surface area contributed by atoms with Crippen LogP contribution in [-0.2, 0) is 6.54 Å². The summed E-state index contributed by atoms with van der Waals surface area (Å²) in [4.78, 5) is 11.0. The molecule has 0 aliphatic carbocycles. The lowest BCUT2D eigenvalue weighted by Gasteiger charge is -2.08. The Kier molecular flexibility index (Phi) is 4.20. The third-order valence-electron chi connectivity index (χ3n) is 2.71. The number of carbonyl (C=O) groups is 1. The predicted octanol–water partition coefficient (Wildman–Crippen LogP) is 3.33. The van der Waals surface area contributed by atoms with E-state index in [4.69, 9.17) is 17.3 Å². The van der Waals surface area contributed by atoms with Crippen molar-refractivity contribution >= 4 is 23.2 Å². The van der Waals surface area contributed by atoms with E-state index in [0.717, 1.165) is 11.6 Å². The van der Waals surface area contributed by atoms with Crippen LogP contribution in [0.1, 0.15) is 15.9 Å². The molecule has 0 saturated carbocycles. The number of nitrogens with two attached hydrogens (primary N) is 1. The lowest BCUT2D eigenvalue weighted by molar-refractivity contribution is 0.0996. The van der Waals surface area contributed by atoms with Gasteiger partial charge in [-0.15, -0.1) is 0 Å². The first-order valence-corrected chi connectivity index (χ1v) is 6.12. The summed E-state index contributed by atoms with van der Waals surface area (Å²) in [5, 5.41) is 3.00. The van der Waals surface area contributed by atoms with Crippen LogP contribution in [0.2, 0.25) is 5.02 Å². The van der Waals surface area contributed by atoms with Gasteiger partial charge in [-0.2, -0.15) is 0 Å². The number of nitrogens with one attached hydrogen (secondary N) is 1. The second-order valence-corrected chi connectivity index (χ2v) is 4.57. The minimum atomic E-state index is -0.837. The van der Waals surface area contributed by atoms with Crippen molar-refractivity contribution in [2.24, 2.45) is 5.73 Å². The van der Waals surface area contributed by atoms with Gasteiger partial charge >= 0.3 is 0 Å². The van der Waals surface area contributed by atoms with Gasteiger partial charge in [0.05, 0.1) is 10.6 Å². The second kappa shape index (κ2) is 5.88. The molecule has 0 bridgehead atoms. The van der Waals surface area contributed by atoms with Gasteiger partial charge in [0.2, 0.25) is 0 Å². The SMILES string of the molecule is NC(=O)c1cc(NCc2ccc(F)c(Cl)c2)ccc1F. The summed E-state index contributed by atoms with van der Waals surface area (Å²) >= 11 is 5.67. The lowest BCUT2D eigenvalue weighted by Crippen LogP contribution is -2.13. The molecule has 2 rings (SSSR count). The van der Waals surface area contributed by atoms with Gasteiger partial charge in [-0.3, -0.25) is 4.79 Å². The molecule has 0 saturated heterocycles. The van der Waals surface area contributed by atoms with E-state index < -0.39 is 17.5 Å². The Hall–Kier alpha value is -2.14. The minimum absolute atomic E-state index is 0.0289. The first-order valence-electron chi connectivity index (χ1n) is 5.74. The van der Waals surface area contributed by atoms with E-state index in [9.17, 15) is 13.6 Å². The van der Waals surface area contributed by atoms with Gasteiger partial charge in [0, 0.05) is 12.2 Å². The Morgan fingerprint density at radius 3 is 2.50 bits per heavy atom. The molecule has 0 aliphatic heterocycles. The first kappa shape index (κ1) is 14.3. The van der Waals surface area contributed by atoms with Crippen molar-refractivity contribution in [3.8, 4) is 0 Å². The molecule has 2 aromatic carbocycles. The molecule has 104 valence electrons. The van der Waals surface area contributed by atoms with E-state index in [0.29, 0.717) is 12.2 Å². The number of hydrogen-bond donors (Lipinski definition) is 2. The molecular weight excluding hydrogens is 286 g/mol. The molecule has 0 spiro atoms. The summed E-state index contributed by atoms with van der Waals surface area (Å²) in [6.07, 6.45) is 0. The van der Waals surface area contributed by atoms with Crippen molar-refractivity contribution in [2.75, 3.05) is 5.32 Å². The van der Waals surface area contributed by atoms with Crippen LogP contribution < -0.4 is 11.1 Å². The third kappa shape index (κ3) is 3.24. The predicted molar refractivity (Wildman–Crippen MR) is 73.7 cm³/mol. The van der Waals surface area contributed by atoms with E-state index >= 15 is 0 Å². The van der Waals surface area contributed by atoms with Crippen molar-refractivity contribution in [3.05, 3.63) is 64.2 Å². The zero-order valence-corrected chi connectivity index (χ0v) is 11.0. The molecule has 0 aromatic heterocycles. The molecule has 1 amide bonds. The molecule has 0 atom stereocenters. The highest BCUT2D eigenvalue weighted by Crippen LogP contribution is 2.18. The van der Waals surface area contributed by atoms with Crippen LogP contribution in [0.3, 0.4) is 0 Å². The fraction of sp³-hybridized carbons (Fsp3) is 0.0714. The highest BCUT2D eigenvalue weighted by molar-refractivity contribution is 6.30. The van der Waals surface area contributed by atoms with Gasteiger partial charge in [0.15, 0.2) is 0 Å². The Morgan fingerprint density at radius 2 is 1.85 bits per heavy atom. The van der Waals surface area contributed by atoms with Crippen molar-refractivity contribution in [2.45, 2.75) is 6.54 Å². The maximum atomic E-state index is 13.3. The van der Waals surface area contributed by atoms with Gasteiger partial charge in [-0.25, -0.2) is 8.78 Å². The highest BCUT2D eigenvalue weighted by atomic mass is 35.5. The largest absolute Gasteiger partial charge is 0.381 e. The van der Waals surface area contributed by atoms with Crippen molar-refractivity contribution in [1.82, 2.24) is 0 Å². The van der Waals surface area contributed by atoms with E-state index in [1.165, 1.54) is 24.3 Å². The molecule has 3 nitrogen and oxygen atoms in total. The monoisotopic (exact) mass is 296 g/mol. The van der Waals surface area contributed by atoms with Crippen LogP contribution in [0.25, 0.3) is 0 Å². The number of carbonyl (C=O) groups excluding carboxylic acids is 1. The van der Waals surface area contributed by atoms with Gasteiger partial charge in [0.25, 0.3) is 5.91 Å². The normalized spacial score (nSPS) is 10.3. The quantitative estimate of drug-likeness (QED) is 0.909. The van der Waals surface area contributed by atoms with Crippen LogP contribution in [0.15, 0.2) is 36.4 Å². The maximum Gasteiger partial charge on any atom is 0.251 e. The molecule has 0 heterocycles. The molecule has 0 fully saturated rings. The summed E-state index contributed by atoms with van der Waals surface area (Å²) in [5.74, 6) is -2.00. The number of benzene rings is 2. The average molecular weight is 297 g/mol. The van der Waals surface area contributed by atoms with Crippen molar-refractivity contribution in [1.29, 1.82) is 0 Å². The minimum Gasteiger partial charge on any atom is -0.381 e. The van der Waals surface area contributed by atoms with Crippen LogP contribution in [-0.4, -0.2) is 5.91 Å². The number of halogens is 3. The first-order chi connectivity index (χ1) is 9.47. The topological polar surface area (TPSA) is 55.1 Å². The maximum absolute atomic E-state index is 13.3. The number of hydrogen-bond acceptors (Lipinski definition) is 2. The molecule has 6 heteroatoms. The average Bonchev–Trinajstić information content (AvgIpc) is 2.41.